The number of aliphatic hydroxyl groups excluding tert-OH is 1. The van der Waals surface area contributed by atoms with Crippen LogP contribution in [0.15, 0.2) is 35.3 Å². The molecule has 0 amide bonds. The van der Waals surface area contributed by atoms with Crippen LogP contribution in [0.3, 0.4) is 0 Å². The summed E-state index contributed by atoms with van der Waals surface area (Å²) in [6, 6.07) is 9.90. The Balaban J connectivity index is 2.15. The lowest BCUT2D eigenvalue weighted by Crippen LogP contribution is -2.20. The molecule has 6 heteroatoms. The highest BCUT2D eigenvalue weighted by Crippen LogP contribution is 2.34. The van der Waals surface area contributed by atoms with E-state index < -0.39 is 0 Å². The molecule has 1 N–H and O–H groups in total. The van der Waals surface area contributed by atoms with E-state index >= 15 is 0 Å². The molecule has 0 saturated carbocycles. The second-order valence-corrected chi connectivity index (χ2v) is 7.65. The number of aryl methyl sites for hydroxylation is 2. The number of hydrogen-bond acceptors (Lipinski definition) is 5. The van der Waals surface area contributed by atoms with Crippen LogP contribution in [-0.2, 0) is 13.6 Å². The van der Waals surface area contributed by atoms with Crippen molar-refractivity contribution in [2.24, 2.45) is 7.05 Å². The molecule has 2 heterocycles. The fourth-order valence-electron chi connectivity index (χ4n) is 3.06. The van der Waals surface area contributed by atoms with Crippen molar-refractivity contribution < 1.29 is 5.11 Å². The standard InChI is InChI=1S/C20H21N3O2S/c1-13-8-14(4-5-15(13)10-21)18-12-23(3)20(25)17-9-16(26-19(17)18)11-22(2)6-7-24/h4-5,8-9,12,24H,6-7,11H2,1-3H3. The lowest BCUT2D eigenvalue weighted by atomic mass is 10.0. The van der Waals surface area contributed by atoms with Crippen molar-refractivity contribution in [2.75, 3.05) is 20.2 Å². The molecule has 1 aromatic carbocycles. The van der Waals surface area contributed by atoms with Crippen LogP contribution in [0.2, 0.25) is 0 Å². The molecule has 0 unspecified atom stereocenters. The Morgan fingerprint density at radius 1 is 1.35 bits per heavy atom. The van der Waals surface area contributed by atoms with Gasteiger partial charge in [0, 0.05) is 41.5 Å². The highest BCUT2D eigenvalue weighted by molar-refractivity contribution is 7.19. The van der Waals surface area contributed by atoms with Gasteiger partial charge in [0.25, 0.3) is 5.56 Å². The summed E-state index contributed by atoms with van der Waals surface area (Å²) >= 11 is 1.61. The van der Waals surface area contributed by atoms with Gasteiger partial charge in [0.2, 0.25) is 0 Å². The SMILES string of the molecule is Cc1cc(-c2cn(C)c(=O)c3cc(CN(C)CCO)sc23)ccc1C#N. The third-order valence-electron chi connectivity index (χ3n) is 4.47. The van der Waals surface area contributed by atoms with Gasteiger partial charge in [-0.05, 0) is 37.2 Å². The number of fused-ring (bicyclic) bond motifs is 1. The Morgan fingerprint density at radius 2 is 2.12 bits per heavy atom. The van der Waals surface area contributed by atoms with Crippen molar-refractivity contribution in [3.63, 3.8) is 0 Å². The number of thiophene rings is 1. The van der Waals surface area contributed by atoms with Gasteiger partial charge >= 0.3 is 0 Å². The predicted octanol–water partition coefficient (Wildman–Crippen LogP) is 2.87. The van der Waals surface area contributed by atoms with Crippen molar-refractivity contribution in [1.29, 1.82) is 5.26 Å². The van der Waals surface area contributed by atoms with E-state index in [-0.39, 0.29) is 12.2 Å². The van der Waals surface area contributed by atoms with E-state index in [2.05, 4.69) is 6.07 Å². The Hall–Kier alpha value is -2.46. The second kappa shape index (κ2) is 7.42. The highest BCUT2D eigenvalue weighted by atomic mass is 32.1. The summed E-state index contributed by atoms with van der Waals surface area (Å²) in [5, 5.41) is 18.9. The van der Waals surface area contributed by atoms with Gasteiger partial charge in [-0.15, -0.1) is 11.3 Å². The molecule has 134 valence electrons. The molecule has 5 nitrogen and oxygen atoms in total. The first-order chi connectivity index (χ1) is 12.4. The minimum absolute atomic E-state index is 0.0126. The third-order valence-corrected chi connectivity index (χ3v) is 5.62. The molecule has 0 aliphatic heterocycles. The number of aromatic nitrogens is 1. The maximum atomic E-state index is 12.6. The maximum Gasteiger partial charge on any atom is 0.259 e. The van der Waals surface area contributed by atoms with Crippen LogP contribution in [0.5, 0.6) is 0 Å². The lowest BCUT2D eigenvalue weighted by Gasteiger charge is -2.12. The summed E-state index contributed by atoms with van der Waals surface area (Å²) in [6.07, 6.45) is 1.86. The Kier molecular flexibility index (Phi) is 5.23. The molecule has 0 aliphatic carbocycles. The van der Waals surface area contributed by atoms with Crippen LogP contribution in [0.4, 0.5) is 0 Å². The molecular weight excluding hydrogens is 346 g/mol. The number of benzene rings is 1. The minimum atomic E-state index is -0.0126. The average Bonchev–Trinajstić information content (AvgIpc) is 3.02. The van der Waals surface area contributed by atoms with Crippen LogP contribution in [0.1, 0.15) is 16.0 Å². The number of aliphatic hydroxyl groups is 1. The monoisotopic (exact) mass is 367 g/mol. The van der Waals surface area contributed by atoms with E-state index in [9.17, 15) is 4.79 Å². The van der Waals surface area contributed by atoms with E-state index in [1.807, 2.05) is 49.3 Å². The fraction of sp³-hybridized carbons (Fsp3) is 0.300. The van der Waals surface area contributed by atoms with Crippen LogP contribution < -0.4 is 5.56 Å². The van der Waals surface area contributed by atoms with E-state index in [1.165, 1.54) is 0 Å². The minimum Gasteiger partial charge on any atom is -0.395 e. The predicted molar refractivity (Wildman–Crippen MR) is 105 cm³/mol. The number of rotatable bonds is 5. The molecule has 0 fully saturated rings. The van der Waals surface area contributed by atoms with Crippen molar-refractivity contribution in [3.8, 4) is 17.2 Å². The molecule has 2 aromatic heterocycles. The van der Waals surface area contributed by atoms with E-state index in [1.54, 1.807) is 23.0 Å². The molecular formula is C20H21N3O2S. The smallest absolute Gasteiger partial charge is 0.259 e. The second-order valence-electron chi connectivity index (χ2n) is 6.52. The van der Waals surface area contributed by atoms with Crippen molar-refractivity contribution in [2.45, 2.75) is 13.5 Å². The fourth-order valence-corrected chi connectivity index (χ4v) is 4.32. The van der Waals surface area contributed by atoms with Gasteiger partial charge in [0.05, 0.1) is 23.6 Å². The van der Waals surface area contributed by atoms with Gasteiger partial charge in [0.1, 0.15) is 0 Å². The van der Waals surface area contributed by atoms with Gasteiger partial charge in [-0.1, -0.05) is 12.1 Å². The zero-order valence-electron chi connectivity index (χ0n) is 15.1. The summed E-state index contributed by atoms with van der Waals surface area (Å²) in [5.74, 6) is 0. The molecule has 3 rings (SSSR count). The Morgan fingerprint density at radius 3 is 2.77 bits per heavy atom. The van der Waals surface area contributed by atoms with E-state index in [0.717, 1.165) is 26.3 Å². The first-order valence-electron chi connectivity index (χ1n) is 8.37. The maximum absolute atomic E-state index is 12.6. The van der Waals surface area contributed by atoms with Gasteiger partial charge in [-0.3, -0.25) is 9.69 Å². The van der Waals surface area contributed by atoms with Crippen molar-refractivity contribution >= 4 is 21.4 Å². The van der Waals surface area contributed by atoms with E-state index in [0.29, 0.717) is 24.0 Å². The largest absolute Gasteiger partial charge is 0.395 e. The summed E-state index contributed by atoms with van der Waals surface area (Å²) in [5.41, 5.74) is 3.56. The van der Waals surface area contributed by atoms with Gasteiger partial charge < -0.3 is 9.67 Å². The Bertz CT molecular complexity index is 1060. The summed E-state index contributed by atoms with van der Waals surface area (Å²) in [4.78, 5) is 15.7. The van der Waals surface area contributed by atoms with Gasteiger partial charge in [-0.25, -0.2) is 0 Å². The molecule has 0 bridgehead atoms. The molecule has 0 spiro atoms. The van der Waals surface area contributed by atoms with Gasteiger partial charge in [-0.2, -0.15) is 5.26 Å². The number of likely N-dealkylation sites (N-methyl/N-ethyl adjacent to an activating group) is 1. The normalized spacial score (nSPS) is 11.2. The molecule has 3 aromatic rings. The van der Waals surface area contributed by atoms with E-state index in [4.69, 9.17) is 10.4 Å². The first kappa shape index (κ1) is 18.3. The topological polar surface area (TPSA) is 69.3 Å². The number of nitriles is 1. The van der Waals surface area contributed by atoms with Gasteiger partial charge in [0.15, 0.2) is 0 Å². The van der Waals surface area contributed by atoms with Crippen LogP contribution in [-0.4, -0.2) is 34.8 Å². The zero-order valence-corrected chi connectivity index (χ0v) is 15.9. The number of pyridine rings is 1. The van der Waals surface area contributed by atoms with Crippen LogP contribution in [0.25, 0.3) is 21.2 Å². The van der Waals surface area contributed by atoms with Crippen LogP contribution >= 0.6 is 11.3 Å². The summed E-state index contributed by atoms with van der Waals surface area (Å²) in [6.45, 7) is 3.31. The number of nitrogens with zero attached hydrogens (tertiary/aromatic N) is 3. The molecule has 0 aliphatic rings. The quantitative estimate of drug-likeness (QED) is 0.753. The number of hydrogen-bond donors (Lipinski definition) is 1. The van der Waals surface area contributed by atoms with Crippen LogP contribution in [0, 0.1) is 18.3 Å². The van der Waals surface area contributed by atoms with Crippen molar-refractivity contribution in [3.05, 3.63) is 56.8 Å². The molecule has 26 heavy (non-hydrogen) atoms. The summed E-state index contributed by atoms with van der Waals surface area (Å²) in [7, 11) is 3.71. The first-order valence-corrected chi connectivity index (χ1v) is 9.19. The third kappa shape index (κ3) is 3.42. The molecule has 0 atom stereocenters. The van der Waals surface area contributed by atoms with Crippen molar-refractivity contribution in [1.82, 2.24) is 9.47 Å². The lowest BCUT2D eigenvalue weighted by molar-refractivity contribution is 0.218. The average molecular weight is 367 g/mol. The molecule has 0 saturated heterocycles. The summed E-state index contributed by atoms with van der Waals surface area (Å²) < 4.78 is 2.57. The highest BCUT2D eigenvalue weighted by Gasteiger charge is 2.15. The zero-order chi connectivity index (χ0) is 18.8. The molecule has 0 radical (unpaired) electrons. The Labute approximate surface area is 156 Å².